The molecule has 2 atom stereocenters. The van der Waals surface area contributed by atoms with Crippen molar-refractivity contribution >= 4 is 0 Å². The molecule has 0 fully saturated rings. The highest BCUT2D eigenvalue weighted by Crippen LogP contribution is 2.20. The molecule has 0 aromatic carbocycles. The zero-order valence-corrected chi connectivity index (χ0v) is 11.4. The Hall–Kier alpha value is -0.900. The summed E-state index contributed by atoms with van der Waals surface area (Å²) in [5, 5.41) is 12.3. The average molecular weight is 236 g/mol. The highest BCUT2D eigenvalue weighted by molar-refractivity contribution is 5.04. The number of nitrogens with one attached hydrogen (secondary N) is 1. The van der Waals surface area contributed by atoms with Gasteiger partial charge in [-0.05, 0) is 25.7 Å². The predicted molar refractivity (Wildman–Crippen MR) is 68.8 cm³/mol. The molecule has 1 aromatic heterocycles. The zero-order valence-electron chi connectivity index (χ0n) is 11.4. The molecular weight excluding hydrogens is 212 g/mol. The minimum Gasteiger partial charge on any atom is -0.314 e. The van der Waals surface area contributed by atoms with Crippen molar-refractivity contribution in [2.75, 3.05) is 0 Å². The van der Waals surface area contributed by atoms with Crippen molar-refractivity contribution in [3.63, 3.8) is 0 Å². The van der Waals surface area contributed by atoms with E-state index in [-0.39, 0.29) is 0 Å². The van der Waals surface area contributed by atoms with E-state index >= 15 is 0 Å². The summed E-state index contributed by atoms with van der Waals surface area (Å²) >= 11 is 0. The number of hydrogen-bond donors (Lipinski definition) is 1. The molecule has 0 saturated carbocycles. The van der Waals surface area contributed by atoms with Crippen LogP contribution < -0.4 is 5.32 Å². The van der Waals surface area contributed by atoms with E-state index in [9.17, 15) is 0 Å². The van der Waals surface area contributed by atoms with Crippen LogP contribution in [0.25, 0.3) is 0 Å². The largest absolute Gasteiger partial charge is 0.314 e. The van der Waals surface area contributed by atoms with Crippen LogP contribution in [-0.4, -0.2) is 20.8 Å². The Morgan fingerprint density at radius 1 is 1.29 bits per heavy atom. The normalized spacial score (nSPS) is 18.4. The van der Waals surface area contributed by atoms with E-state index < -0.39 is 0 Å². The Morgan fingerprint density at radius 2 is 2.06 bits per heavy atom. The molecule has 0 aliphatic carbocycles. The minimum absolute atomic E-state index is 0.293. The predicted octanol–water partition coefficient (Wildman–Crippen LogP) is 2.31. The molecule has 0 bridgehead atoms. The number of fused-ring (bicyclic) bond motifs is 1. The summed E-state index contributed by atoms with van der Waals surface area (Å²) in [4.78, 5) is 0. The summed E-state index contributed by atoms with van der Waals surface area (Å²) in [5.74, 6) is 2.92. The first kappa shape index (κ1) is 12.6. The fraction of sp³-hybridized carbons (Fsp3) is 0.846. The van der Waals surface area contributed by atoms with Gasteiger partial charge in [0, 0.05) is 19.0 Å². The van der Waals surface area contributed by atoms with Crippen molar-refractivity contribution in [2.24, 2.45) is 5.92 Å². The number of hydrogen-bond acceptors (Lipinski definition) is 3. The van der Waals surface area contributed by atoms with Gasteiger partial charge in [0.15, 0.2) is 0 Å². The third-order valence-corrected chi connectivity index (χ3v) is 3.73. The number of aryl methyl sites for hydroxylation is 1. The lowest BCUT2D eigenvalue weighted by Crippen LogP contribution is -2.36. The smallest absolute Gasteiger partial charge is 0.149 e. The lowest BCUT2D eigenvalue weighted by atomic mass is 10.0. The Morgan fingerprint density at radius 3 is 2.71 bits per heavy atom. The van der Waals surface area contributed by atoms with Gasteiger partial charge >= 0.3 is 0 Å². The Kier molecular flexibility index (Phi) is 3.82. The SMILES string of the molecule is CCC(NC(C)c1nnc2n1CCC2)C(C)C. The molecule has 2 heterocycles. The fourth-order valence-corrected chi connectivity index (χ4v) is 2.67. The molecule has 1 aliphatic heterocycles. The summed E-state index contributed by atoms with van der Waals surface area (Å²) in [7, 11) is 0. The third kappa shape index (κ3) is 2.51. The van der Waals surface area contributed by atoms with Crippen LogP contribution in [0.2, 0.25) is 0 Å². The average Bonchev–Trinajstić information content (AvgIpc) is 2.86. The van der Waals surface area contributed by atoms with Gasteiger partial charge in [0.2, 0.25) is 0 Å². The van der Waals surface area contributed by atoms with Crippen molar-refractivity contribution < 1.29 is 0 Å². The summed E-state index contributed by atoms with van der Waals surface area (Å²) in [6, 6.07) is 0.848. The molecule has 0 spiro atoms. The van der Waals surface area contributed by atoms with Crippen LogP contribution in [0.1, 0.15) is 58.2 Å². The van der Waals surface area contributed by atoms with Crippen LogP contribution in [0.3, 0.4) is 0 Å². The molecule has 17 heavy (non-hydrogen) atoms. The second kappa shape index (κ2) is 5.17. The van der Waals surface area contributed by atoms with E-state index in [0.29, 0.717) is 18.0 Å². The van der Waals surface area contributed by atoms with Crippen molar-refractivity contribution in [1.29, 1.82) is 0 Å². The number of nitrogens with zero attached hydrogens (tertiary/aromatic N) is 3. The Balaban J connectivity index is 2.06. The lowest BCUT2D eigenvalue weighted by Gasteiger charge is -2.25. The topological polar surface area (TPSA) is 42.7 Å². The van der Waals surface area contributed by atoms with Crippen LogP contribution in [0, 0.1) is 5.92 Å². The van der Waals surface area contributed by atoms with Crippen LogP contribution in [0.4, 0.5) is 0 Å². The molecule has 0 radical (unpaired) electrons. The summed E-state index contributed by atoms with van der Waals surface area (Å²) in [5.41, 5.74) is 0. The van der Waals surface area contributed by atoms with Gasteiger partial charge in [-0.1, -0.05) is 20.8 Å². The Bertz CT molecular complexity index is 369. The summed E-state index contributed by atoms with van der Waals surface area (Å²) in [6.45, 7) is 10.0. The van der Waals surface area contributed by atoms with Gasteiger partial charge in [-0.3, -0.25) is 0 Å². The molecule has 96 valence electrons. The van der Waals surface area contributed by atoms with Crippen molar-refractivity contribution in [3.05, 3.63) is 11.6 Å². The van der Waals surface area contributed by atoms with Crippen LogP contribution in [-0.2, 0) is 13.0 Å². The molecule has 4 heteroatoms. The first-order chi connectivity index (χ1) is 8.13. The van der Waals surface area contributed by atoms with E-state index in [4.69, 9.17) is 0 Å². The summed E-state index contributed by atoms with van der Waals surface area (Å²) in [6.07, 6.45) is 3.45. The highest BCUT2D eigenvalue weighted by Gasteiger charge is 2.23. The van der Waals surface area contributed by atoms with Gasteiger partial charge in [-0.2, -0.15) is 0 Å². The number of aromatic nitrogens is 3. The van der Waals surface area contributed by atoms with Crippen LogP contribution >= 0.6 is 0 Å². The van der Waals surface area contributed by atoms with Gasteiger partial charge in [0.05, 0.1) is 6.04 Å². The quantitative estimate of drug-likeness (QED) is 0.853. The van der Waals surface area contributed by atoms with Crippen molar-refractivity contribution in [2.45, 2.75) is 65.6 Å². The van der Waals surface area contributed by atoms with E-state index in [1.54, 1.807) is 0 Å². The van der Waals surface area contributed by atoms with Gasteiger partial charge in [-0.25, -0.2) is 0 Å². The fourth-order valence-electron chi connectivity index (χ4n) is 2.67. The first-order valence-corrected chi connectivity index (χ1v) is 6.81. The molecule has 2 unspecified atom stereocenters. The lowest BCUT2D eigenvalue weighted by molar-refractivity contribution is 0.345. The maximum atomic E-state index is 4.33. The molecule has 1 aromatic rings. The number of rotatable bonds is 5. The summed E-state index contributed by atoms with van der Waals surface area (Å²) < 4.78 is 2.28. The van der Waals surface area contributed by atoms with Crippen LogP contribution in [0.15, 0.2) is 0 Å². The molecular formula is C13H24N4. The zero-order chi connectivity index (χ0) is 12.4. The molecule has 1 aliphatic rings. The van der Waals surface area contributed by atoms with E-state index in [2.05, 4.69) is 47.8 Å². The highest BCUT2D eigenvalue weighted by atomic mass is 15.3. The first-order valence-electron chi connectivity index (χ1n) is 6.81. The second-order valence-electron chi connectivity index (χ2n) is 5.38. The van der Waals surface area contributed by atoms with Crippen molar-refractivity contribution in [3.8, 4) is 0 Å². The van der Waals surface area contributed by atoms with E-state index in [1.807, 2.05) is 0 Å². The molecule has 2 rings (SSSR count). The standard InChI is InChI=1S/C13H24N4/c1-5-11(9(2)3)14-10(4)13-16-15-12-7-6-8-17(12)13/h9-11,14H,5-8H2,1-4H3. The second-order valence-corrected chi connectivity index (χ2v) is 5.38. The third-order valence-electron chi connectivity index (χ3n) is 3.73. The Labute approximate surface area is 104 Å². The van der Waals surface area contributed by atoms with Gasteiger partial charge in [-0.15, -0.1) is 10.2 Å². The molecule has 4 nitrogen and oxygen atoms in total. The maximum Gasteiger partial charge on any atom is 0.149 e. The molecule has 0 saturated heterocycles. The maximum absolute atomic E-state index is 4.33. The molecule has 0 amide bonds. The monoisotopic (exact) mass is 236 g/mol. The molecule has 1 N–H and O–H groups in total. The van der Waals surface area contributed by atoms with Crippen molar-refractivity contribution in [1.82, 2.24) is 20.1 Å². The van der Waals surface area contributed by atoms with E-state index in [1.165, 1.54) is 6.42 Å². The van der Waals surface area contributed by atoms with E-state index in [0.717, 1.165) is 31.0 Å². The minimum atomic E-state index is 0.293. The van der Waals surface area contributed by atoms with Gasteiger partial charge in [0.25, 0.3) is 0 Å². The van der Waals surface area contributed by atoms with Crippen LogP contribution in [0.5, 0.6) is 0 Å². The van der Waals surface area contributed by atoms with Gasteiger partial charge in [0.1, 0.15) is 11.6 Å². The van der Waals surface area contributed by atoms with Gasteiger partial charge < -0.3 is 9.88 Å².